The molecule has 1 aromatic rings. The predicted octanol–water partition coefficient (Wildman–Crippen LogP) is 1.80. The number of nitrogens with one attached hydrogen (secondary N) is 1. The Morgan fingerprint density at radius 2 is 1.53 bits per heavy atom. The molecule has 2 saturated heterocycles. The topological polar surface area (TPSA) is 90.0 Å². The van der Waals surface area contributed by atoms with Crippen molar-refractivity contribution in [2.45, 2.75) is 44.0 Å². The molecule has 2 aliphatic rings. The van der Waals surface area contributed by atoms with Crippen molar-refractivity contribution in [3.63, 3.8) is 0 Å². The van der Waals surface area contributed by atoms with E-state index in [0.29, 0.717) is 37.7 Å². The maximum absolute atomic E-state index is 13.2. The number of sulfonamides is 1. The number of nitrogens with zero attached hydrogens (tertiary/aromatic N) is 3. The van der Waals surface area contributed by atoms with Crippen molar-refractivity contribution in [1.29, 1.82) is 0 Å². The summed E-state index contributed by atoms with van der Waals surface area (Å²) >= 11 is 5.85. The molecule has 10 heteroatoms. The van der Waals surface area contributed by atoms with Crippen LogP contribution in [-0.4, -0.2) is 86.8 Å². The molecule has 32 heavy (non-hydrogen) atoms. The number of amides is 2. The first-order valence-electron chi connectivity index (χ1n) is 11.2. The summed E-state index contributed by atoms with van der Waals surface area (Å²) in [5, 5.41) is 0.442. The molecule has 1 aromatic carbocycles. The normalized spacial score (nSPS) is 19.2. The minimum Gasteiger partial charge on any atom is -0.342 e. The molecular weight excluding hydrogens is 452 g/mol. The average molecular weight is 485 g/mol. The van der Waals surface area contributed by atoms with Crippen LogP contribution < -0.4 is 4.72 Å². The quantitative estimate of drug-likeness (QED) is 0.637. The van der Waals surface area contributed by atoms with Gasteiger partial charge in [-0.3, -0.25) is 14.5 Å². The van der Waals surface area contributed by atoms with Crippen LogP contribution in [0.15, 0.2) is 29.2 Å². The van der Waals surface area contributed by atoms with Crippen molar-refractivity contribution in [2.24, 2.45) is 5.92 Å². The van der Waals surface area contributed by atoms with Gasteiger partial charge in [-0.15, -0.1) is 0 Å². The Bertz CT molecular complexity index is 893. The van der Waals surface area contributed by atoms with E-state index in [9.17, 15) is 18.0 Å². The zero-order valence-corrected chi connectivity index (χ0v) is 20.4. The molecule has 2 heterocycles. The van der Waals surface area contributed by atoms with Crippen LogP contribution in [0.5, 0.6) is 0 Å². The molecule has 0 spiro atoms. The molecule has 1 N–H and O–H groups in total. The van der Waals surface area contributed by atoms with Crippen LogP contribution in [0.3, 0.4) is 0 Å². The fraction of sp³-hybridized carbons (Fsp3) is 0.636. The Morgan fingerprint density at radius 1 is 0.938 bits per heavy atom. The van der Waals surface area contributed by atoms with Crippen LogP contribution in [0.2, 0.25) is 5.02 Å². The Balaban J connectivity index is 1.56. The zero-order valence-electron chi connectivity index (χ0n) is 18.8. The Morgan fingerprint density at radius 3 is 2.09 bits per heavy atom. The van der Waals surface area contributed by atoms with Gasteiger partial charge in [0.25, 0.3) is 0 Å². The maximum Gasteiger partial charge on any atom is 0.241 e. The first-order chi connectivity index (χ1) is 15.2. The van der Waals surface area contributed by atoms with Crippen LogP contribution in [-0.2, 0) is 19.6 Å². The molecule has 0 radical (unpaired) electrons. The predicted molar refractivity (Wildman–Crippen MR) is 124 cm³/mol. The van der Waals surface area contributed by atoms with E-state index in [2.05, 4.69) is 9.62 Å². The maximum atomic E-state index is 13.2. The summed E-state index contributed by atoms with van der Waals surface area (Å²) in [6.45, 7) is 7.82. The zero-order chi connectivity index (χ0) is 23.3. The summed E-state index contributed by atoms with van der Waals surface area (Å²) in [5.74, 6) is -0.303. The third kappa shape index (κ3) is 6.43. The second kappa shape index (κ2) is 11.0. The van der Waals surface area contributed by atoms with E-state index in [-0.39, 0.29) is 22.6 Å². The van der Waals surface area contributed by atoms with Gasteiger partial charge in [0.1, 0.15) is 6.04 Å². The van der Waals surface area contributed by atoms with Gasteiger partial charge in [0, 0.05) is 44.3 Å². The number of carbonyl (C=O) groups is 2. The molecule has 2 fully saturated rings. The summed E-state index contributed by atoms with van der Waals surface area (Å²) in [6, 6.07) is 4.99. The van der Waals surface area contributed by atoms with Crippen LogP contribution in [0, 0.1) is 5.92 Å². The minimum absolute atomic E-state index is 0.0707. The third-order valence-corrected chi connectivity index (χ3v) is 7.80. The van der Waals surface area contributed by atoms with Crippen LogP contribution in [0.4, 0.5) is 0 Å². The number of piperazine rings is 1. The van der Waals surface area contributed by atoms with Crippen LogP contribution in [0.25, 0.3) is 0 Å². The van der Waals surface area contributed by atoms with E-state index in [1.807, 2.05) is 18.7 Å². The first kappa shape index (κ1) is 25.0. The molecule has 0 aromatic heterocycles. The minimum atomic E-state index is -3.86. The molecular formula is C22H33ClN4O4S. The molecule has 1 atom stereocenters. The van der Waals surface area contributed by atoms with Gasteiger partial charge in [0.05, 0.1) is 11.4 Å². The van der Waals surface area contributed by atoms with Gasteiger partial charge >= 0.3 is 0 Å². The fourth-order valence-corrected chi connectivity index (χ4v) is 5.54. The molecule has 0 aliphatic carbocycles. The van der Waals surface area contributed by atoms with Crippen LogP contribution >= 0.6 is 11.6 Å². The van der Waals surface area contributed by atoms with E-state index < -0.39 is 16.1 Å². The highest BCUT2D eigenvalue weighted by Crippen LogP contribution is 2.17. The standard InChI is InChI=1S/C22H33ClN4O4S/c1-17(2)21(24-32(30,31)19-8-6-18(23)7-9-19)22(29)27-14-12-25(13-15-27)16-20(28)26-10-4-3-5-11-26/h6-9,17,21,24H,3-5,10-16H2,1-2H3/t21-/m0/s1. The van der Waals surface area contributed by atoms with Crippen LogP contribution in [0.1, 0.15) is 33.1 Å². The van der Waals surface area contributed by atoms with Crippen molar-refractivity contribution in [3.8, 4) is 0 Å². The number of carbonyl (C=O) groups excluding carboxylic acids is 2. The molecule has 2 aliphatic heterocycles. The Hall–Kier alpha value is -1.68. The monoisotopic (exact) mass is 484 g/mol. The number of halogens is 1. The highest BCUT2D eigenvalue weighted by atomic mass is 35.5. The van der Waals surface area contributed by atoms with Crippen molar-refractivity contribution in [1.82, 2.24) is 19.4 Å². The number of rotatable bonds is 7. The van der Waals surface area contributed by atoms with E-state index in [0.717, 1.165) is 25.9 Å². The van der Waals surface area contributed by atoms with E-state index in [4.69, 9.17) is 11.6 Å². The van der Waals surface area contributed by atoms with Gasteiger partial charge in [-0.05, 0) is 49.4 Å². The molecule has 0 bridgehead atoms. The molecule has 8 nitrogen and oxygen atoms in total. The first-order valence-corrected chi connectivity index (χ1v) is 13.1. The van der Waals surface area contributed by atoms with Crippen molar-refractivity contribution >= 4 is 33.4 Å². The second-order valence-corrected chi connectivity index (χ2v) is 11.0. The van der Waals surface area contributed by atoms with Crippen molar-refractivity contribution < 1.29 is 18.0 Å². The third-order valence-electron chi connectivity index (χ3n) is 6.09. The molecule has 0 saturated carbocycles. The summed E-state index contributed by atoms with van der Waals surface area (Å²) in [6.07, 6.45) is 3.32. The molecule has 0 unspecified atom stereocenters. The molecule has 178 valence electrons. The average Bonchev–Trinajstić information content (AvgIpc) is 2.78. The van der Waals surface area contributed by atoms with Gasteiger partial charge in [0.15, 0.2) is 0 Å². The van der Waals surface area contributed by atoms with Gasteiger partial charge < -0.3 is 9.80 Å². The number of hydrogen-bond acceptors (Lipinski definition) is 5. The summed E-state index contributed by atoms with van der Waals surface area (Å²) in [4.78, 5) is 31.4. The number of hydrogen-bond donors (Lipinski definition) is 1. The number of piperidine rings is 1. The Labute approximate surface area is 195 Å². The smallest absolute Gasteiger partial charge is 0.241 e. The van der Waals surface area contributed by atoms with E-state index in [1.165, 1.54) is 30.7 Å². The lowest BCUT2D eigenvalue weighted by molar-refractivity contribution is -0.137. The Kier molecular flexibility index (Phi) is 8.55. The molecule has 3 rings (SSSR count). The fourth-order valence-electron chi connectivity index (χ4n) is 4.08. The van der Waals surface area contributed by atoms with Gasteiger partial charge in [-0.1, -0.05) is 25.4 Å². The lowest BCUT2D eigenvalue weighted by atomic mass is 10.0. The highest BCUT2D eigenvalue weighted by Gasteiger charge is 2.33. The summed E-state index contributed by atoms with van der Waals surface area (Å²) in [7, 11) is -3.86. The van der Waals surface area contributed by atoms with E-state index >= 15 is 0 Å². The highest BCUT2D eigenvalue weighted by molar-refractivity contribution is 7.89. The number of likely N-dealkylation sites (tertiary alicyclic amines) is 1. The lowest BCUT2D eigenvalue weighted by Gasteiger charge is -2.38. The van der Waals surface area contributed by atoms with E-state index in [1.54, 1.807) is 4.90 Å². The van der Waals surface area contributed by atoms with Gasteiger partial charge in [-0.2, -0.15) is 4.72 Å². The van der Waals surface area contributed by atoms with Crippen molar-refractivity contribution in [2.75, 3.05) is 45.8 Å². The number of benzene rings is 1. The summed E-state index contributed by atoms with van der Waals surface area (Å²) < 4.78 is 28.2. The lowest BCUT2D eigenvalue weighted by Crippen LogP contribution is -2.57. The largest absolute Gasteiger partial charge is 0.342 e. The molecule has 2 amide bonds. The van der Waals surface area contributed by atoms with Gasteiger partial charge in [-0.25, -0.2) is 8.42 Å². The summed E-state index contributed by atoms with van der Waals surface area (Å²) in [5.41, 5.74) is 0. The second-order valence-electron chi connectivity index (χ2n) is 8.84. The van der Waals surface area contributed by atoms with Gasteiger partial charge in [0.2, 0.25) is 21.8 Å². The van der Waals surface area contributed by atoms with Crippen molar-refractivity contribution in [3.05, 3.63) is 29.3 Å². The SMILES string of the molecule is CC(C)[C@H](NS(=O)(=O)c1ccc(Cl)cc1)C(=O)N1CCN(CC(=O)N2CCCCC2)CC1.